The maximum atomic E-state index is 4.55. The Morgan fingerprint density at radius 2 is 1.83 bits per heavy atom. The molecule has 0 fully saturated rings. The minimum atomic E-state index is 0.691. The Morgan fingerprint density at radius 1 is 1.04 bits per heavy atom. The lowest BCUT2D eigenvalue weighted by Crippen LogP contribution is -2.17. The van der Waals surface area contributed by atoms with Crippen molar-refractivity contribution in [1.29, 1.82) is 0 Å². The van der Waals surface area contributed by atoms with Crippen molar-refractivity contribution in [2.45, 2.75) is 26.8 Å². The van der Waals surface area contributed by atoms with E-state index in [-0.39, 0.29) is 0 Å². The number of aryl methyl sites for hydroxylation is 2. The molecule has 0 aliphatic heterocycles. The first-order valence-electron chi connectivity index (χ1n) is 8.07. The van der Waals surface area contributed by atoms with Crippen LogP contribution < -0.4 is 10.6 Å². The third-order valence-electron chi connectivity index (χ3n) is 3.64. The molecular formula is C18H27N5. The quantitative estimate of drug-likeness (QED) is 0.734. The lowest BCUT2D eigenvalue weighted by molar-refractivity contribution is 0.405. The molecule has 0 radical (unpaired) electrons. The van der Waals surface area contributed by atoms with E-state index in [1.54, 1.807) is 0 Å². The largest absolute Gasteiger partial charge is 0.366 e. The third-order valence-corrected chi connectivity index (χ3v) is 3.64. The Labute approximate surface area is 139 Å². The highest BCUT2D eigenvalue weighted by atomic mass is 15.1. The molecule has 0 saturated carbocycles. The monoisotopic (exact) mass is 313 g/mol. The SMILES string of the molecule is Cc1cc(NCc2ccccc2C)nc(NCCCN(C)C)n1. The molecule has 2 N–H and O–H groups in total. The summed E-state index contributed by atoms with van der Waals surface area (Å²) in [5.41, 5.74) is 3.53. The first-order valence-corrected chi connectivity index (χ1v) is 8.07. The second kappa shape index (κ2) is 8.48. The van der Waals surface area contributed by atoms with E-state index in [0.29, 0.717) is 5.95 Å². The van der Waals surface area contributed by atoms with Gasteiger partial charge in [-0.15, -0.1) is 0 Å². The van der Waals surface area contributed by atoms with Gasteiger partial charge >= 0.3 is 0 Å². The predicted molar refractivity (Wildman–Crippen MR) is 96.9 cm³/mol. The summed E-state index contributed by atoms with van der Waals surface area (Å²) in [7, 11) is 4.16. The molecule has 0 amide bonds. The average molecular weight is 313 g/mol. The fraction of sp³-hybridized carbons (Fsp3) is 0.444. The molecule has 0 saturated heterocycles. The van der Waals surface area contributed by atoms with E-state index in [4.69, 9.17) is 0 Å². The van der Waals surface area contributed by atoms with E-state index in [1.807, 2.05) is 13.0 Å². The predicted octanol–water partition coefficient (Wildman–Crippen LogP) is 3.07. The number of hydrogen-bond donors (Lipinski definition) is 2. The maximum Gasteiger partial charge on any atom is 0.224 e. The number of nitrogens with zero attached hydrogens (tertiary/aromatic N) is 3. The Morgan fingerprint density at radius 3 is 2.57 bits per heavy atom. The number of aromatic nitrogens is 2. The van der Waals surface area contributed by atoms with Gasteiger partial charge < -0.3 is 15.5 Å². The van der Waals surface area contributed by atoms with Gasteiger partial charge in [-0.05, 0) is 52.0 Å². The van der Waals surface area contributed by atoms with Crippen LogP contribution in [0.4, 0.5) is 11.8 Å². The van der Waals surface area contributed by atoms with Crippen LogP contribution in [0.2, 0.25) is 0 Å². The van der Waals surface area contributed by atoms with Crippen LogP contribution in [0.3, 0.4) is 0 Å². The first kappa shape index (κ1) is 17.2. The van der Waals surface area contributed by atoms with Gasteiger partial charge in [-0.25, -0.2) is 4.98 Å². The zero-order chi connectivity index (χ0) is 16.7. The van der Waals surface area contributed by atoms with Crippen molar-refractivity contribution < 1.29 is 0 Å². The summed E-state index contributed by atoms with van der Waals surface area (Å²) in [6.45, 7) is 6.81. The summed E-state index contributed by atoms with van der Waals surface area (Å²) >= 11 is 0. The lowest BCUT2D eigenvalue weighted by atomic mass is 10.1. The molecule has 0 unspecified atom stereocenters. The van der Waals surface area contributed by atoms with Crippen LogP contribution in [0.15, 0.2) is 30.3 Å². The van der Waals surface area contributed by atoms with Gasteiger partial charge in [0.2, 0.25) is 5.95 Å². The van der Waals surface area contributed by atoms with Gasteiger partial charge in [-0.1, -0.05) is 24.3 Å². The van der Waals surface area contributed by atoms with Crippen molar-refractivity contribution in [3.63, 3.8) is 0 Å². The Balaban J connectivity index is 1.93. The van der Waals surface area contributed by atoms with Gasteiger partial charge in [0.25, 0.3) is 0 Å². The average Bonchev–Trinajstić information content (AvgIpc) is 2.50. The van der Waals surface area contributed by atoms with E-state index in [1.165, 1.54) is 11.1 Å². The Bertz CT molecular complexity index is 625. The van der Waals surface area contributed by atoms with Crippen LogP contribution >= 0.6 is 0 Å². The normalized spacial score (nSPS) is 10.8. The van der Waals surface area contributed by atoms with Crippen LogP contribution in [0.5, 0.6) is 0 Å². The minimum absolute atomic E-state index is 0.691. The fourth-order valence-electron chi connectivity index (χ4n) is 2.33. The van der Waals surface area contributed by atoms with E-state index < -0.39 is 0 Å². The van der Waals surface area contributed by atoms with Crippen LogP contribution in [-0.4, -0.2) is 42.1 Å². The number of benzene rings is 1. The molecular weight excluding hydrogens is 286 g/mol. The number of nitrogens with one attached hydrogen (secondary N) is 2. The minimum Gasteiger partial charge on any atom is -0.366 e. The van der Waals surface area contributed by atoms with Crippen LogP contribution in [-0.2, 0) is 6.54 Å². The van der Waals surface area contributed by atoms with Gasteiger partial charge in [0, 0.05) is 24.8 Å². The van der Waals surface area contributed by atoms with E-state index >= 15 is 0 Å². The molecule has 0 bridgehead atoms. The molecule has 1 aromatic carbocycles. The molecule has 2 aromatic rings. The molecule has 124 valence electrons. The first-order chi connectivity index (χ1) is 11.0. The molecule has 0 atom stereocenters. The molecule has 0 aliphatic rings. The third kappa shape index (κ3) is 5.87. The van der Waals surface area contributed by atoms with Gasteiger partial charge in [0.1, 0.15) is 5.82 Å². The number of hydrogen-bond acceptors (Lipinski definition) is 5. The highest BCUT2D eigenvalue weighted by Gasteiger charge is 2.03. The van der Waals surface area contributed by atoms with Gasteiger partial charge in [0.05, 0.1) is 0 Å². The van der Waals surface area contributed by atoms with Gasteiger partial charge in [-0.3, -0.25) is 0 Å². The van der Waals surface area contributed by atoms with Crippen LogP contribution in [0.25, 0.3) is 0 Å². The van der Waals surface area contributed by atoms with Crippen molar-refractivity contribution in [1.82, 2.24) is 14.9 Å². The maximum absolute atomic E-state index is 4.55. The van der Waals surface area contributed by atoms with Crippen molar-refractivity contribution in [3.05, 3.63) is 47.2 Å². The smallest absolute Gasteiger partial charge is 0.224 e. The van der Waals surface area contributed by atoms with Gasteiger partial charge in [0.15, 0.2) is 0 Å². The summed E-state index contributed by atoms with van der Waals surface area (Å²) in [5.74, 6) is 1.55. The molecule has 2 rings (SSSR count). The summed E-state index contributed by atoms with van der Waals surface area (Å²) in [6.07, 6.45) is 1.07. The van der Waals surface area contributed by atoms with Crippen molar-refractivity contribution >= 4 is 11.8 Å². The van der Waals surface area contributed by atoms with Crippen molar-refractivity contribution in [2.24, 2.45) is 0 Å². The van der Waals surface area contributed by atoms with E-state index in [0.717, 1.165) is 37.6 Å². The number of anilines is 2. The summed E-state index contributed by atoms with van der Waals surface area (Å²) in [5, 5.41) is 6.69. The Hall–Kier alpha value is -2.14. The molecule has 5 nitrogen and oxygen atoms in total. The fourth-order valence-corrected chi connectivity index (χ4v) is 2.33. The summed E-state index contributed by atoms with van der Waals surface area (Å²) in [6, 6.07) is 10.4. The summed E-state index contributed by atoms with van der Waals surface area (Å²) < 4.78 is 0. The topological polar surface area (TPSA) is 53.1 Å². The zero-order valence-electron chi connectivity index (χ0n) is 14.6. The Kier molecular flexibility index (Phi) is 6.35. The molecule has 5 heteroatoms. The van der Waals surface area contributed by atoms with Crippen LogP contribution in [0, 0.1) is 13.8 Å². The van der Waals surface area contributed by atoms with E-state index in [2.05, 4.69) is 70.8 Å². The molecule has 0 aliphatic carbocycles. The lowest BCUT2D eigenvalue weighted by Gasteiger charge is -2.12. The van der Waals surface area contributed by atoms with E-state index in [9.17, 15) is 0 Å². The standard InChI is InChI=1S/C18H27N5/c1-14-8-5-6-9-16(14)13-20-17-12-15(2)21-18(22-17)19-10-7-11-23(3)4/h5-6,8-9,12H,7,10-11,13H2,1-4H3,(H2,19,20,21,22). The zero-order valence-corrected chi connectivity index (χ0v) is 14.6. The molecule has 1 heterocycles. The van der Waals surface area contributed by atoms with Crippen LogP contribution in [0.1, 0.15) is 23.2 Å². The van der Waals surface area contributed by atoms with Crippen molar-refractivity contribution in [2.75, 3.05) is 37.8 Å². The highest BCUT2D eigenvalue weighted by molar-refractivity contribution is 5.43. The second-order valence-corrected chi connectivity index (χ2v) is 6.08. The van der Waals surface area contributed by atoms with Crippen molar-refractivity contribution in [3.8, 4) is 0 Å². The second-order valence-electron chi connectivity index (χ2n) is 6.08. The highest BCUT2D eigenvalue weighted by Crippen LogP contribution is 2.13. The molecule has 1 aromatic heterocycles. The molecule has 0 spiro atoms. The van der Waals surface area contributed by atoms with Gasteiger partial charge in [-0.2, -0.15) is 4.98 Å². The number of rotatable bonds is 8. The summed E-state index contributed by atoms with van der Waals surface area (Å²) in [4.78, 5) is 11.2. The molecule has 23 heavy (non-hydrogen) atoms.